The first-order valence-electron chi connectivity index (χ1n) is 8.98. The fourth-order valence-corrected chi connectivity index (χ4v) is 3.11. The van der Waals surface area contributed by atoms with Gasteiger partial charge in [0.05, 0.1) is 24.5 Å². The summed E-state index contributed by atoms with van der Waals surface area (Å²) < 4.78 is 18.1. The van der Waals surface area contributed by atoms with Crippen molar-refractivity contribution in [3.63, 3.8) is 0 Å². The summed E-state index contributed by atoms with van der Waals surface area (Å²) in [7, 11) is 0. The molecule has 0 aliphatic carbocycles. The number of carbonyl (C=O) groups excluding carboxylic acids is 2. The molecule has 1 heterocycles. The molecular formula is C20H31FO4. The highest BCUT2D eigenvalue weighted by Gasteiger charge is 2.39. The first-order chi connectivity index (χ1) is 11.7. The standard InChI is InChI=1S/C20H31FO4/c1-14-7-5-8-16(13-21)9-6-10-25-18(23)12-17(22)20(3,4)19(24)15(2)11-14/h5,8-9,14-15,17,22H,6-7,10-13H2,1-4H3/b8-5+,16-9+. The molecular weight excluding hydrogens is 323 g/mol. The van der Waals surface area contributed by atoms with E-state index in [0.29, 0.717) is 18.4 Å². The molecule has 142 valence electrons. The maximum atomic E-state index is 13.0. The van der Waals surface area contributed by atoms with Crippen LogP contribution in [0.5, 0.6) is 0 Å². The normalized spacial score (nSPS) is 33.2. The number of aliphatic hydroxyl groups is 1. The van der Waals surface area contributed by atoms with Crippen molar-refractivity contribution in [1.29, 1.82) is 0 Å². The van der Waals surface area contributed by atoms with Gasteiger partial charge in [-0.3, -0.25) is 9.59 Å². The van der Waals surface area contributed by atoms with Gasteiger partial charge in [0.15, 0.2) is 0 Å². The van der Waals surface area contributed by atoms with Crippen molar-refractivity contribution < 1.29 is 23.8 Å². The van der Waals surface area contributed by atoms with Crippen LogP contribution in [0.15, 0.2) is 23.8 Å². The first-order valence-corrected chi connectivity index (χ1v) is 8.98. The third-order valence-corrected chi connectivity index (χ3v) is 4.84. The van der Waals surface area contributed by atoms with Gasteiger partial charge in [-0.1, -0.05) is 45.9 Å². The third kappa shape index (κ3) is 6.73. The number of hydrogen-bond donors (Lipinski definition) is 1. The largest absolute Gasteiger partial charge is 0.465 e. The molecule has 0 aromatic carbocycles. The summed E-state index contributed by atoms with van der Waals surface area (Å²) in [6.07, 6.45) is 5.93. The Kier molecular flexibility index (Phi) is 8.50. The number of halogens is 1. The molecule has 5 heteroatoms. The van der Waals surface area contributed by atoms with Crippen LogP contribution in [0.4, 0.5) is 4.39 Å². The molecule has 25 heavy (non-hydrogen) atoms. The van der Waals surface area contributed by atoms with Crippen molar-refractivity contribution in [2.24, 2.45) is 17.3 Å². The van der Waals surface area contributed by atoms with Crippen molar-refractivity contribution in [2.45, 2.75) is 59.5 Å². The zero-order chi connectivity index (χ0) is 19.0. The quantitative estimate of drug-likeness (QED) is 0.728. The molecule has 1 rings (SSSR count). The van der Waals surface area contributed by atoms with Gasteiger partial charge in [-0.05, 0) is 24.3 Å². The number of carbonyl (C=O) groups is 2. The number of allylic oxidation sites excluding steroid dienone is 3. The molecule has 0 fully saturated rings. The SMILES string of the molecule is CC1C/C=C/C(CF)=C\CCOC(=O)CC(O)C(C)(C)C(=O)C(C)C1. The van der Waals surface area contributed by atoms with E-state index in [1.54, 1.807) is 26.0 Å². The molecule has 0 spiro atoms. The van der Waals surface area contributed by atoms with Crippen LogP contribution in [-0.4, -0.2) is 36.2 Å². The van der Waals surface area contributed by atoms with Crippen molar-refractivity contribution in [3.8, 4) is 0 Å². The molecule has 0 amide bonds. The lowest BCUT2D eigenvalue weighted by Crippen LogP contribution is -2.42. The molecule has 4 nitrogen and oxygen atoms in total. The van der Waals surface area contributed by atoms with E-state index in [4.69, 9.17) is 4.74 Å². The highest BCUT2D eigenvalue weighted by atomic mass is 19.1. The van der Waals surface area contributed by atoms with E-state index < -0.39 is 24.2 Å². The van der Waals surface area contributed by atoms with Crippen molar-refractivity contribution >= 4 is 11.8 Å². The average Bonchev–Trinajstić information content (AvgIpc) is 2.55. The maximum absolute atomic E-state index is 13.0. The number of cyclic esters (lactones) is 1. The van der Waals surface area contributed by atoms with Crippen molar-refractivity contribution in [2.75, 3.05) is 13.3 Å². The third-order valence-electron chi connectivity index (χ3n) is 4.84. The predicted octanol–water partition coefficient (Wildman–Crippen LogP) is 3.78. The summed E-state index contributed by atoms with van der Waals surface area (Å²) in [5.74, 6) is -0.567. The highest BCUT2D eigenvalue weighted by molar-refractivity contribution is 5.87. The van der Waals surface area contributed by atoms with Gasteiger partial charge < -0.3 is 9.84 Å². The Morgan fingerprint density at radius 2 is 2.00 bits per heavy atom. The lowest BCUT2D eigenvalue weighted by atomic mass is 9.74. The Labute approximate surface area is 150 Å². The zero-order valence-corrected chi connectivity index (χ0v) is 15.8. The Morgan fingerprint density at radius 1 is 1.32 bits per heavy atom. The van der Waals surface area contributed by atoms with Gasteiger partial charge in [0.25, 0.3) is 0 Å². The number of hydrogen-bond acceptors (Lipinski definition) is 4. The number of Topliss-reactive ketones (excluding diaryl/α,β-unsaturated/α-hetero) is 1. The van der Waals surface area contributed by atoms with Crippen molar-refractivity contribution in [1.82, 2.24) is 0 Å². The average molecular weight is 354 g/mol. The van der Waals surface area contributed by atoms with Gasteiger partial charge in [-0.25, -0.2) is 4.39 Å². The molecule has 0 aromatic rings. The highest BCUT2D eigenvalue weighted by Crippen LogP contribution is 2.31. The lowest BCUT2D eigenvalue weighted by Gasteiger charge is -2.32. The van der Waals surface area contributed by atoms with E-state index in [9.17, 15) is 19.1 Å². The van der Waals surface area contributed by atoms with Crippen LogP contribution in [0.1, 0.15) is 53.4 Å². The van der Waals surface area contributed by atoms with Gasteiger partial charge in [-0.15, -0.1) is 0 Å². The summed E-state index contributed by atoms with van der Waals surface area (Å²) in [6, 6.07) is 0. The number of alkyl halides is 1. The second-order valence-electron chi connectivity index (χ2n) is 7.61. The molecule has 0 radical (unpaired) electrons. The predicted molar refractivity (Wildman–Crippen MR) is 95.7 cm³/mol. The lowest BCUT2D eigenvalue weighted by molar-refractivity contribution is -0.150. The van der Waals surface area contributed by atoms with Crippen LogP contribution in [0, 0.1) is 17.3 Å². The number of esters is 1. The second-order valence-corrected chi connectivity index (χ2v) is 7.61. The Balaban J connectivity index is 2.96. The van der Waals surface area contributed by atoms with Gasteiger partial charge in [0, 0.05) is 12.3 Å². The summed E-state index contributed by atoms with van der Waals surface area (Å²) in [4.78, 5) is 24.6. The van der Waals surface area contributed by atoms with Crippen LogP contribution >= 0.6 is 0 Å². The number of ketones is 1. The smallest absolute Gasteiger partial charge is 0.308 e. The Bertz CT molecular complexity index is 522. The minimum absolute atomic E-state index is 0.0555. The topological polar surface area (TPSA) is 63.6 Å². The second kappa shape index (κ2) is 9.85. The Hall–Kier alpha value is -1.49. The number of aliphatic hydroxyl groups excluding tert-OH is 1. The summed E-state index contributed by atoms with van der Waals surface area (Å²) in [5, 5.41) is 10.4. The fourth-order valence-electron chi connectivity index (χ4n) is 3.11. The molecule has 3 atom stereocenters. The van der Waals surface area contributed by atoms with Gasteiger partial charge in [-0.2, -0.15) is 0 Å². The van der Waals surface area contributed by atoms with E-state index in [1.165, 1.54) is 0 Å². The van der Waals surface area contributed by atoms with E-state index in [-0.39, 0.29) is 30.6 Å². The van der Waals surface area contributed by atoms with Gasteiger partial charge in [0.1, 0.15) is 12.5 Å². The molecule has 1 N–H and O–H groups in total. The van der Waals surface area contributed by atoms with Crippen LogP contribution in [0.2, 0.25) is 0 Å². The monoisotopic (exact) mass is 354 g/mol. The van der Waals surface area contributed by atoms with Crippen LogP contribution in [-0.2, 0) is 14.3 Å². The molecule has 0 bridgehead atoms. The summed E-state index contributed by atoms with van der Waals surface area (Å²) in [6.45, 7) is 6.81. The van der Waals surface area contributed by atoms with Gasteiger partial charge in [0.2, 0.25) is 0 Å². The van der Waals surface area contributed by atoms with Crippen LogP contribution < -0.4 is 0 Å². The zero-order valence-electron chi connectivity index (χ0n) is 15.8. The van der Waals surface area contributed by atoms with E-state index in [1.807, 2.05) is 13.0 Å². The molecule has 1 aliphatic heterocycles. The molecule has 0 saturated carbocycles. The molecule has 0 saturated heterocycles. The minimum Gasteiger partial charge on any atom is -0.465 e. The summed E-state index contributed by atoms with van der Waals surface area (Å²) in [5.41, 5.74) is -0.451. The molecule has 1 aliphatic rings. The fraction of sp³-hybridized carbons (Fsp3) is 0.700. The van der Waals surface area contributed by atoms with Crippen molar-refractivity contribution in [3.05, 3.63) is 23.8 Å². The van der Waals surface area contributed by atoms with Crippen LogP contribution in [0.25, 0.3) is 0 Å². The van der Waals surface area contributed by atoms with Crippen LogP contribution in [0.3, 0.4) is 0 Å². The first kappa shape index (κ1) is 21.6. The minimum atomic E-state index is -1.09. The maximum Gasteiger partial charge on any atom is 0.308 e. The number of rotatable bonds is 1. The van der Waals surface area contributed by atoms with E-state index in [0.717, 1.165) is 6.42 Å². The van der Waals surface area contributed by atoms with Gasteiger partial charge >= 0.3 is 5.97 Å². The van der Waals surface area contributed by atoms with E-state index >= 15 is 0 Å². The Morgan fingerprint density at radius 3 is 2.64 bits per heavy atom. The van der Waals surface area contributed by atoms with E-state index in [2.05, 4.69) is 6.92 Å². The summed E-state index contributed by atoms with van der Waals surface area (Å²) >= 11 is 0. The number of ether oxygens (including phenoxy) is 1. The molecule has 0 aromatic heterocycles. The molecule has 3 unspecified atom stereocenters.